The standard InChI is InChI=1S/C19H30ClN3O.2ClH/c1-3-23(4-2)18(16-10-5-6-11-17(16)20)13-22-19(24)14-8-7-9-15(21)12-14;;/h5-6,10-11,14-15,18H,3-4,7-9,12-13,21H2,1-2H3,(H,22,24);2*1H. The molecule has 1 aromatic rings. The molecule has 0 aliphatic heterocycles. The monoisotopic (exact) mass is 423 g/mol. The molecule has 3 atom stereocenters. The Labute approximate surface area is 175 Å². The van der Waals surface area contributed by atoms with Gasteiger partial charge in [0.1, 0.15) is 0 Å². The number of carbonyl (C=O) groups is 1. The number of hydrogen-bond acceptors (Lipinski definition) is 3. The molecule has 2 rings (SSSR count). The Balaban J connectivity index is 0.00000312. The summed E-state index contributed by atoms with van der Waals surface area (Å²) < 4.78 is 0. The van der Waals surface area contributed by atoms with Gasteiger partial charge in [-0.3, -0.25) is 9.69 Å². The van der Waals surface area contributed by atoms with Crippen molar-refractivity contribution >= 4 is 42.3 Å². The summed E-state index contributed by atoms with van der Waals surface area (Å²) >= 11 is 6.40. The predicted molar refractivity (Wildman–Crippen MR) is 115 cm³/mol. The van der Waals surface area contributed by atoms with Crippen LogP contribution in [-0.4, -0.2) is 36.5 Å². The van der Waals surface area contributed by atoms with E-state index in [4.69, 9.17) is 17.3 Å². The maximum absolute atomic E-state index is 12.5. The highest BCUT2D eigenvalue weighted by molar-refractivity contribution is 6.31. The number of carbonyl (C=O) groups excluding carboxylic acids is 1. The summed E-state index contributed by atoms with van der Waals surface area (Å²) in [5, 5.41) is 3.91. The van der Waals surface area contributed by atoms with Gasteiger partial charge in [-0.2, -0.15) is 0 Å². The summed E-state index contributed by atoms with van der Waals surface area (Å²) in [5.41, 5.74) is 7.09. The fourth-order valence-electron chi connectivity index (χ4n) is 3.65. The second-order valence-electron chi connectivity index (χ2n) is 6.63. The van der Waals surface area contributed by atoms with Crippen LogP contribution in [0.1, 0.15) is 51.1 Å². The van der Waals surface area contributed by atoms with Crippen molar-refractivity contribution in [1.82, 2.24) is 10.2 Å². The van der Waals surface area contributed by atoms with E-state index in [9.17, 15) is 4.79 Å². The average molecular weight is 425 g/mol. The second kappa shape index (κ2) is 12.8. The van der Waals surface area contributed by atoms with Crippen molar-refractivity contribution in [3.05, 3.63) is 34.9 Å². The number of halogens is 3. The van der Waals surface area contributed by atoms with Gasteiger partial charge in [0, 0.05) is 23.5 Å². The number of nitrogens with zero attached hydrogens (tertiary/aromatic N) is 1. The lowest BCUT2D eigenvalue weighted by Gasteiger charge is -2.32. The van der Waals surface area contributed by atoms with E-state index in [2.05, 4.69) is 24.1 Å². The third kappa shape index (κ3) is 6.90. The number of nitrogens with one attached hydrogen (secondary N) is 1. The largest absolute Gasteiger partial charge is 0.354 e. The molecule has 4 nitrogen and oxygen atoms in total. The lowest BCUT2D eigenvalue weighted by molar-refractivity contribution is -0.126. The molecule has 0 heterocycles. The van der Waals surface area contributed by atoms with Crippen molar-refractivity contribution in [2.45, 2.75) is 51.6 Å². The van der Waals surface area contributed by atoms with Crippen molar-refractivity contribution in [2.24, 2.45) is 11.7 Å². The molecule has 3 N–H and O–H groups in total. The van der Waals surface area contributed by atoms with Crippen LogP contribution in [0.2, 0.25) is 5.02 Å². The van der Waals surface area contributed by atoms with Crippen molar-refractivity contribution in [1.29, 1.82) is 0 Å². The van der Waals surface area contributed by atoms with Crippen LogP contribution in [0.3, 0.4) is 0 Å². The normalized spacial score (nSPS) is 20.7. The molecule has 1 aliphatic rings. The summed E-state index contributed by atoms with van der Waals surface area (Å²) in [6.45, 7) is 6.67. The number of likely N-dealkylation sites (N-methyl/N-ethyl adjacent to an activating group) is 1. The fourth-order valence-corrected chi connectivity index (χ4v) is 3.91. The molecule has 0 saturated heterocycles. The molecule has 26 heavy (non-hydrogen) atoms. The number of amides is 1. The van der Waals surface area contributed by atoms with Crippen molar-refractivity contribution in [2.75, 3.05) is 19.6 Å². The summed E-state index contributed by atoms with van der Waals surface area (Å²) in [7, 11) is 0. The topological polar surface area (TPSA) is 58.4 Å². The number of hydrogen-bond donors (Lipinski definition) is 2. The smallest absolute Gasteiger partial charge is 0.223 e. The van der Waals surface area contributed by atoms with Crippen LogP contribution in [0.15, 0.2) is 24.3 Å². The predicted octanol–water partition coefficient (Wildman–Crippen LogP) is 4.20. The molecule has 3 unspecified atom stereocenters. The van der Waals surface area contributed by atoms with Gasteiger partial charge in [0.05, 0.1) is 6.04 Å². The molecule has 0 spiro atoms. The van der Waals surface area contributed by atoms with Gasteiger partial charge >= 0.3 is 0 Å². The van der Waals surface area contributed by atoms with Crippen LogP contribution in [-0.2, 0) is 4.79 Å². The van der Waals surface area contributed by atoms with Gasteiger partial charge in [-0.15, -0.1) is 24.8 Å². The zero-order valence-electron chi connectivity index (χ0n) is 15.6. The molecule has 1 amide bonds. The first-order chi connectivity index (χ1) is 11.6. The maximum atomic E-state index is 12.5. The Morgan fingerprint density at radius 2 is 1.92 bits per heavy atom. The van der Waals surface area contributed by atoms with Crippen LogP contribution >= 0.6 is 36.4 Å². The Bertz CT molecular complexity index is 541. The van der Waals surface area contributed by atoms with Crippen molar-refractivity contribution in [3.8, 4) is 0 Å². The molecular formula is C19H32Cl3N3O. The summed E-state index contributed by atoms with van der Waals surface area (Å²) in [6.07, 6.45) is 3.82. The van der Waals surface area contributed by atoms with Gasteiger partial charge < -0.3 is 11.1 Å². The highest BCUT2D eigenvalue weighted by Gasteiger charge is 2.27. The van der Waals surface area contributed by atoms with E-state index in [1.54, 1.807) is 0 Å². The van der Waals surface area contributed by atoms with Crippen molar-refractivity contribution < 1.29 is 4.79 Å². The van der Waals surface area contributed by atoms with Gasteiger partial charge in [0.2, 0.25) is 5.91 Å². The number of nitrogens with two attached hydrogens (primary N) is 1. The maximum Gasteiger partial charge on any atom is 0.223 e. The van der Waals surface area contributed by atoms with Crippen LogP contribution in [0.4, 0.5) is 0 Å². The highest BCUT2D eigenvalue weighted by Crippen LogP contribution is 2.28. The molecular weight excluding hydrogens is 393 g/mol. The van der Waals surface area contributed by atoms with Gasteiger partial charge in [-0.1, -0.05) is 50.1 Å². The molecule has 0 radical (unpaired) electrons. The zero-order valence-corrected chi connectivity index (χ0v) is 18.0. The zero-order chi connectivity index (χ0) is 17.5. The third-order valence-electron chi connectivity index (χ3n) is 5.07. The Hall–Kier alpha value is -0.520. The van der Waals surface area contributed by atoms with E-state index < -0.39 is 0 Å². The Morgan fingerprint density at radius 3 is 2.50 bits per heavy atom. The SMILES string of the molecule is CCN(CC)C(CNC(=O)C1CCCC(N)C1)c1ccccc1Cl.Cl.Cl. The first kappa shape index (κ1) is 25.5. The minimum atomic E-state index is 0. The van der Waals surface area contributed by atoms with E-state index in [-0.39, 0.29) is 48.7 Å². The average Bonchev–Trinajstić information content (AvgIpc) is 2.59. The minimum Gasteiger partial charge on any atom is -0.354 e. The Morgan fingerprint density at radius 1 is 1.27 bits per heavy atom. The fraction of sp³-hybridized carbons (Fsp3) is 0.632. The lowest BCUT2D eigenvalue weighted by atomic mass is 9.85. The van der Waals surface area contributed by atoms with Gasteiger partial charge in [0.15, 0.2) is 0 Å². The molecule has 1 saturated carbocycles. The third-order valence-corrected chi connectivity index (χ3v) is 5.42. The molecule has 1 aliphatic carbocycles. The Kier molecular flexibility index (Phi) is 12.5. The van der Waals surface area contributed by atoms with E-state index in [1.807, 2.05) is 24.3 Å². The molecule has 1 aromatic carbocycles. The molecule has 0 bridgehead atoms. The quantitative estimate of drug-likeness (QED) is 0.689. The van der Waals surface area contributed by atoms with Crippen LogP contribution < -0.4 is 11.1 Å². The number of benzene rings is 1. The molecule has 1 fully saturated rings. The van der Waals surface area contributed by atoms with Crippen LogP contribution in [0, 0.1) is 5.92 Å². The summed E-state index contributed by atoms with van der Waals surface area (Å²) in [5.74, 6) is 0.187. The van der Waals surface area contributed by atoms with Crippen LogP contribution in [0.25, 0.3) is 0 Å². The number of rotatable bonds is 7. The molecule has 0 aromatic heterocycles. The van der Waals surface area contributed by atoms with E-state index in [0.29, 0.717) is 6.54 Å². The van der Waals surface area contributed by atoms with Crippen molar-refractivity contribution in [3.63, 3.8) is 0 Å². The molecule has 150 valence electrons. The van der Waals surface area contributed by atoms with Gasteiger partial charge in [-0.25, -0.2) is 0 Å². The van der Waals surface area contributed by atoms with E-state index in [1.165, 1.54) is 0 Å². The van der Waals surface area contributed by atoms with E-state index >= 15 is 0 Å². The lowest BCUT2D eigenvalue weighted by Crippen LogP contribution is -2.42. The van der Waals surface area contributed by atoms with Gasteiger partial charge in [-0.05, 0) is 44.0 Å². The summed E-state index contributed by atoms with van der Waals surface area (Å²) in [4.78, 5) is 14.9. The summed E-state index contributed by atoms with van der Waals surface area (Å²) in [6, 6.07) is 8.16. The first-order valence-corrected chi connectivity index (χ1v) is 9.46. The van der Waals surface area contributed by atoms with Gasteiger partial charge in [0.25, 0.3) is 0 Å². The van der Waals surface area contributed by atoms with Crippen LogP contribution in [0.5, 0.6) is 0 Å². The highest BCUT2D eigenvalue weighted by atomic mass is 35.5. The first-order valence-electron chi connectivity index (χ1n) is 9.08. The van der Waals surface area contributed by atoms with E-state index in [0.717, 1.165) is 49.4 Å². The second-order valence-corrected chi connectivity index (χ2v) is 7.03. The minimum absolute atomic E-state index is 0. The molecule has 7 heteroatoms.